The van der Waals surface area contributed by atoms with Crippen molar-refractivity contribution in [1.29, 1.82) is 0 Å². The third-order valence-corrected chi connectivity index (χ3v) is 2.58. The first kappa shape index (κ1) is 11.7. The number of aldehydes is 1. The molecule has 0 aliphatic carbocycles. The Hall–Kier alpha value is -0.300. The summed E-state index contributed by atoms with van der Waals surface area (Å²) in [6, 6.07) is 0. The number of allylic oxidation sites excluding steroid dienone is 1. The molecule has 0 aliphatic heterocycles. The molecule has 0 aromatic rings. The maximum atomic E-state index is 10.9. The third-order valence-electron chi connectivity index (χ3n) is 2.39. The van der Waals surface area contributed by atoms with Crippen LogP contribution < -0.4 is 0 Å². The number of alkyl halides is 1. The lowest BCUT2D eigenvalue weighted by atomic mass is 9.80. The summed E-state index contributed by atoms with van der Waals surface area (Å²) < 4.78 is 0. The predicted octanol–water partition coefficient (Wildman–Crippen LogP) is 3.18. The highest BCUT2D eigenvalue weighted by atomic mass is 35.5. The Morgan fingerprint density at radius 3 is 2.50 bits per heavy atom. The number of halogens is 1. The summed E-state index contributed by atoms with van der Waals surface area (Å²) in [6.07, 6.45) is 6.33. The lowest BCUT2D eigenvalue weighted by Gasteiger charge is -2.24. The van der Waals surface area contributed by atoms with Crippen LogP contribution in [0.15, 0.2) is 12.7 Å². The average Bonchev–Trinajstić information content (AvgIpc) is 2.13. The number of hydrogen-bond donors (Lipinski definition) is 0. The molecule has 0 radical (unpaired) electrons. The van der Waals surface area contributed by atoms with Crippen molar-refractivity contribution in [3.8, 4) is 0 Å². The van der Waals surface area contributed by atoms with E-state index < -0.39 is 0 Å². The average molecular weight is 189 g/mol. The van der Waals surface area contributed by atoms with E-state index in [1.165, 1.54) is 0 Å². The molecule has 0 spiro atoms. The van der Waals surface area contributed by atoms with Crippen molar-refractivity contribution in [3.63, 3.8) is 0 Å². The van der Waals surface area contributed by atoms with Crippen molar-refractivity contribution in [3.05, 3.63) is 12.7 Å². The van der Waals surface area contributed by atoms with Crippen LogP contribution in [0.2, 0.25) is 0 Å². The van der Waals surface area contributed by atoms with E-state index in [9.17, 15) is 4.79 Å². The fraction of sp³-hybridized carbons (Fsp3) is 0.700. The van der Waals surface area contributed by atoms with Crippen LogP contribution in [0.25, 0.3) is 0 Å². The monoisotopic (exact) mass is 188 g/mol. The molecule has 2 heteroatoms. The highest BCUT2D eigenvalue weighted by Crippen LogP contribution is 2.30. The molecule has 0 amide bonds. The number of carbonyl (C=O) groups excluding carboxylic acids is 1. The Kier molecular flexibility index (Phi) is 6.09. The van der Waals surface area contributed by atoms with Gasteiger partial charge in [-0.25, -0.2) is 0 Å². The number of hydrogen-bond acceptors (Lipinski definition) is 1. The van der Waals surface area contributed by atoms with Gasteiger partial charge in [0.1, 0.15) is 6.29 Å². The normalized spacial score (nSPS) is 15.2. The summed E-state index contributed by atoms with van der Waals surface area (Å²) >= 11 is 5.64. The largest absolute Gasteiger partial charge is 0.303 e. The number of carbonyl (C=O) groups is 1. The van der Waals surface area contributed by atoms with Crippen molar-refractivity contribution in [2.75, 3.05) is 5.88 Å². The molecule has 1 unspecified atom stereocenters. The first-order valence-electron chi connectivity index (χ1n) is 4.38. The van der Waals surface area contributed by atoms with Crippen molar-refractivity contribution < 1.29 is 4.79 Å². The van der Waals surface area contributed by atoms with Gasteiger partial charge in [0, 0.05) is 11.3 Å². The fourth-order valence-corrected chi connectivity index (χ4v) is 1.63. The maximum absolute atomic E-state index is 10.9. The van der Waals surface area contributed by atoms with E-state index in [1.54, 1.807) is 0 Å². The van der Waals surface area contributed by atoms with Gasteiger partial charge in [0.05, 0.1) is 0 Å². The van der Waals surface area contributed by atoms with Crippen molar-refractivity contribution in [2.24, 2.45) is 5.41 Å². The molecule has 0 rings (SSSR count). The van der Waals surface area contributed by atoms with Gasteiger partial charge in [0.15, 0.2) is 0 Å². The minimum Gasteiger partial charge on any atom is -0.303 e. The van der Waals surface area contributed by atoms with Crippen LogP contribution in [0, 0.1) is 5.41 Å². The van der Waals surface area contributed by atoms with Gasteiger partial charge in [-0.05, 0) is 25.7 Å². The van der Waals surface area contributed by atoms with Crippen LogP contribution in [0.3, 0.4) is 0 Å². The van der Waals surface area contributed by atoms with Gasteiger partial charge in [-0.2, -0.15) is 0 Å². The molecule has 0 aromatic heterocycles. The SMILES string of the molecule is C=CCCC(C=O)(CC)CCCl. The van der Waals surface area contributed by atoms with E-state index in [1.807, 2.05) is 13.0 Å². The Balaban J connectivity index is 4.12. The van der Waals surface area contributed by atoms with E-state index >= 15 is 0 Å². The quantitative estimate of drug-likeness (QED) is 0.341. The Morgan fingerprint density at radius 1 is 1.50 bits per heavy atom. The fourth-order valence-electron chi connectivity index (χ4n) is 1.26. The van der Waals surface area contributed by atoms with Gasteiger partial charge in [-0.3, -0.25) is 0 Å². The van der Waals surface area contributed by atoms with Gasteiger partial charge in [0.25, 0.3) is 0 Å². The summed E-state index contributed by atoms with van der Waals surface area (Å²) in [4.78, 5) is 10.9. The molecule has 70 valence electrons. The minimum absolute atomic E-state index is 0.198. The standard InChI is InChI=1S/C10H17ClO/c1-3-5-6-10(4-2,9-12)7-8-11/h3,9H,1,4-8H2,2H3. The first-order valence-corrected chi connectivity index (χ1v) is 4.91. The molecule has 0 saturated carbocycles. The predicted molar refractivity (Wildman–Crippen MR) is 53.6 cm³/mol. The van der Waals surface area contributed by atoms with Gasteiger partial charge >= 0.3 is 0 Å². The lowest BCUT2D eigenvalue weighted by molar-refractivity contribution is -0.116. The summed E-state index contributed by atoms with van der Waals surface area (Å²) in [7, 11) is 0. The summed E-state index contributed by atoms with van der Waals surface area (Å²) in [5.74, 6) is 0.559. The summed E-state index contributed by atoms with van der Waals surface area (Å²) in [6.45, 7) is 5.68. The molecule has 0 bridgehead atoms. The molecule has 1 nitrogen and oxygen atoms in total. The van der Waals surface area contributed by atoms with E-state index in [2.05, 4.69) is 6.58 Å². The summed E-state index contributed by atoms with van der Waals surface area (Å²) in [5.41, 5.74) is -0.198. The maximum Gasteiger partial charge on any atom is 0.126 e. The second kappa shape index (κ2) is 6.24. The van der Waals surface area contributed by atoms with E-state index in [-0.39, 0.29) is 5.41 Å². The molecular weight excluding hydrogens is 172 g/mol. The van der Waals surface area contributed by atoms with Crippen LogP contribution in [0.4, 0.5) is 0 Å². The molecule has 0 heterocycles. The Labute approximate surface area is 79.8 Å². The molecule has 0 N–H and O–H groups in total. The highest BCUT2D eigenvalue weighted by Gasteiger charge is 2.25. The Bertz CT molecular complexity index is 145. The van der Waals surface area contributed by atoms with Crippen LogP contribution >= 0.6 is 11.6 Å². The lowest BCUT2D eigenvalue weighted by Crippen LogP contribution is -2.22. The van der Waals surface area contributed by atoms with E-state index in [0.29, 0.717) is 5.88 Å². The first-order chi connectivity index (χ1) is 5.74. The van der Waals surface area contributed by atoms with E-state index in [4.69, 9.17) is 11.6 Å². The minimum atomic E-state index is -0.198. The Morgan fingerprint density at radius 2 is 2.17 bits per heavy atom. The molecule has 0 aromatic carbocycles. The third kappa shape index (κ3) is 3.40. The molecular formula is C10H17ClO. The highest BCUT2D eigenvalue weighted by molar-refractivity contribution is 6.17. The second-order valence-electron chi connectivity index (χ2n) is 3.10. The van der Waals surface area contributed by atoms with Crippen molar-refractivity contribution in [2.45, 2.75) is 32.6 Å². The van der Waals surface area contributed by atoms with Gasteiger partial charge < -0.3 is 4.79 Å². The molecule has 0 saturated heterocycles. The zero-order chi connectivity index (χ0) is 9.45. The van der Waals surface area contributed by atoms with Gasteiger partial charge in [-0.15, -0.1) is 18.2 Å². The van der Waals surface area contributed by atoms with Gasteiger partial charge in [0.2, 0.25) is 0 Å². The molecule has 0 fully saturated rings. The van der Waals surface area contributed by atoms with Gasteiger partial charge in [-0.1, -0.05) is 13.0 Å². The zero-order valence-corrected chi connectivity index (χ0v) is 8.44. The van der Waals surface area contributed by atoms with E-state index in [0.717, 1.165) is 32.0 Å². The van der Waals surface area contributed by atoms with Crippen molar-refractivity contribution in [1.82, 2.24) is 0 Å². The van der Waals surface area contributed by atoms with Crippen LogP contribution in [-0.2, 0) is 4.79 Å². The summed E-state index contributed by atoms with van der Waals surface area (Å²) in [5, 5.41) is 0. The molecule has 0 aliphatic rings. The molecule has 12 heavy (non-hydrogen) atoms. The molecule has 1 atom stereocenters. The van der Waals surface area contributed by atoms with Crippen LogP contribution in [-0.4, -0.2) is 12.2 Å². The van der Waals surface area contributed by atoms with Crippen LogP contribution in [0.1, 0.15) is 32.6 Å². The van der Waals surface area contributed by atoms with Crippen molar-refractivity contribution >= 4 is 17.9 Å². The zero-order valence-electron chi connectivity index (χ0n) is 7.68. The van der Waals surface area contributed by atoms with Crippen LogP contribution in [0.5, 0.6) is 0 Å². The number of rotatable bonds is 7. The second-order valence-corrected chi connectivity index (χ2v) is 3.48. The topological polar surface area (TPSA) is 17.1 Å². The smallest absolute Gasteiger partial charge is 0.126 e.